The highest BCUT2D eigenvalue weighted by molar-refractivity contribution is 5.93. The number of amides is 1. The second-order valence-electron chi connectivity index (χ2n) is 5.50. The zero-order valence-electron chi connectivity index (χ0n) is 13.0. The van der Waals surface area contributed by atoms with Gasteiger partial charge in [-0.2, -0.15) is 0 Å². The molecule has 2 aromatic carbocycles. The van der Waals surface area contributed by atoms with Crippen LogP contribution in [0, 0.1) is 5.92 Å². The number of para-hydroxylation sites is 1. The van der Waals surface area contributed by atoms with Crippen LogP contribution in [0.25, 0.3) is 0 Å². The summed E-state index contributed by atoms with van der Waals surface area (Å²) in [5, 5.41) is 5.93. The molecular weight excluding hydrogens is 276 g/mol. The summed E-state index contributed by atoms with van der Waals surface area (Å²) >= 11 is 0. The minimum Gasteiger partial charge on any atom is -0.493 e. The Morgan fingerprint density at radius 3 is 2.50 bits per heavy atom. The predicted octanol–water partition coefficient (Wildman–Crippen LogP) is 3.77. The maximum Gasteiger partial charge on any atom is 0.243 e. The van der Waals surface area contributed by atoms with Crippen molar-refractivity contribution in [1.29, 1.82) is 0 Å². The van der Waals surface area contributed by atoms with Crippen LogP contribution in [-0.2, 0) is 4.79 Å². The van der Waals surface area contributed by atoms with Crippen LogP contribution in [0.4, 0.5) is 11.4 Å². The molecule has 0 atom stereocenters. The van der Waals surface area contributed by atoms with Crippen molar-refractivity contribution in [3.8, 4) is 5.75 Å². The van der Waals surface area contributed by atoms with E-state index >= 15 is 0 Å². The van der Waals surface area contributed by atoms with E-state index in [9.17, 15) is 4.79 Å². The van der Waals surface area contributed by atoms with E-state index in [1.54, 1.807) is 0 Å². The lowest BCUT2D eigenvalue weighted by molar-refractivity contribution is -0.114. The first-order chi connectivity index (χ1) is 10.6. The Kier molecular flexibility index (Phi) is 5.83. The molecule has 0 aliphatic heterocycles. The number of nitrogens with one attached hydrogen (secondary N) is 2. The summed E-state index contributed by atoms with van der Waals surface area (Å²) in [6.07, 6.45) is 0. The summed E-state index contributed by atoms with van der Waals surface area (Å²) < 4.78 is 5.65. The molecular formula is C18H22N2O2. The van der Waals surface area contributed by atoms with Crippen LogP contribution in [0.3, 0.4) is 0 Å². The average Bonchev–Trinajstić information content (AvgIpc) is 2.52. The lowest BCUT2D eigenvalue weighted by Gasteiger charge is -2.11. The zero-order valence-corrected chi connectivity index (χ0v) is 13.0. The van der Waals surface area contributed by atoms with Gasteiger partial charge in [-0.15, -0.1) is 0 Å². The second kappa shape index (κ2) is 8.08. The molecule has 0 aromatic heterocycles. The summed E-state index contributed by atoms with van der Waals surface area (Å²) in [4.78, 5) is 11.9. The molecule has 2 rings (SSSR count). The van der Waals surface area contributed by atoms with Gasteiger partial charge in [0.25, 0.3) is 0 Å². The zero-order chi connectivity index (χ0) is 15.8. The fourth-order valence-corrected chi connectivity index (χ4v) is 1.87. The van der Waals surface area contributed by atoms with Gasteiger partial charge in [-0.25, -0.2) is 0 Å². The van der Waals surface area contributed by atoms with Gasteiger partial charge in [0.15, 0.2) is 0 Å². The third kappa shape index (κ3) is 5.48. The molecule has 116 valence electrons. The van der Waals surface area contributed by atoms with Gasteiger partial charge < -0.3 is 15.4 Å². The van der Waals surface area contributed by atoms with Crippen molar-refractivity contribution in [3.63, 3.8) is 0 Å². The molecule has 22 heavy (non-hydrogen) atoms. The lowest BCUT2D eigenvalue weighted by Crippen LogP contribution is -2.21. The number of carbonyl (C=O) groups is 1. The molecule has 0 unspecified atom stereocenters. The summed E-state index contributed by atoms with van der Waals surface area (Å²) in [6, 6.07) is 17.1. The summed E-state index contributed by atoms with van der Waals surface area (Å²) in [7, 11) is 0. The monoisotopic (exact) mass is 298 g/mol. The van der Waals surface area contributed by atoms with Gasteiger partial charge in [-0.1, -0.05) is 38.1 Å². The van der Waals surface area contributed by atoms with Crippen molar-refractivity contribution >= 4 is 17.3 Å². The maximum atomic E-state index is 11.9. The Morgan fingerprint density at radius 1 is 1.05 bits per heavy atom. The number of rotatable bonds is 7. The highest BCUT2D eigenvalue weighted by atomic mass is 16.5. The van der Waals surface area contributed by atoms with Crippen LogP contribution >= 0.6 is 0 Å². The van der Waals surface area contributed by atoms with Crippen molar-refractivity contribution in [2.24, 2.45) is 5.92 Å². The third-order valence-electron chi connectivity index (χ3n) is 2.93. The van der Waals surface area contributed by atoms with Crippen molar-refractivity contribution in [1.82, 2.24) is 0 Å². The van der Waals surface area contributed by atoms with Crippen molar-refractivity contribution in [2.75, 3.05) is 23.8 Å². The quantitative estimate of drug-likeness (QED) is 0.818. The van der Waals surface area contributed by atoms with Crippen molar-refractivity contribution in [2.45, 2.75) is 13.8 Å². The first-order valence-corrected chi connectivity index (χ1v) is 7.45. The van der Waals surface area contributed by atoms with Gasteiger partial charge >= 0.3 is 0 Å². The Bertz CT molecular complexity index is 597. The summed E-state index contributed by atoms with van der Waals surface area (Å²) in [6.45, 7) is 5.08. The molecule has 4 heteroatoms. The van der Waals surface area contributed by atoms with E-state index in [2.05, 4.69) is 24.5 Å². The number of anilines is 2. The molecule has 0 radical (unpaired) electrons. The molecule has 0 aliphatic carbocycles. The molecule has 0 spiro atoms. The molecule has 0 saturated heterocycles. The van der Waals surface area contributed by atoms with Crippen LogP contribution < -0.4 is 15.4 Å². The molecule has 0 bridgehead atoms. The standard InChI is InChI=1S/C18H22N2O2/c1-14(2)13-22-17-10-6-9-16(11-17)20-18(21)12-19-15-7-4-3-5-8-15/h3-11,14,19H,12-13H2,1-2H3,(H,20,21). The highest BCUT2D eigenvalue weighted by Gasteiger charge is 2.04. The normalized spacial score (nSPS) is 10.3. The predicted molar refractivity (Wildman–Crippen MR) is 90.3 cm³/mol. The summed E-state index contributed by atoms with van der Waals surface area (Å²) in [5.74, 6) is 1.14. The van der Waals surface area contributed by atoms with Crippen LogP contribution in [0.5, 0.6) is 5.75 Å². The summed E-state index contributed by atoms with van der Waals surface area (Å²) in [5.41, 5.74) is 1.66. The highest BCUT2D eigenvalue weighted by Crippen LogP contribution is 2.18. The van der Waals surface area contributed by atoms with Gasteiger partial charge in [-0.3, -0.25) is 4.79 Å². The molecule has 0 heterocycles. The number of ether oxygens (including phenoxy) is 1. The molecule has 0 fully saturated rings. The largest absolute Gasteiger partial charge is 0.493 e. The number of carbonyl (C=O) groups excluding carboxylic acids is 1. The Balaban J connectivity index is 1.84. The third-order valence-corrected chi connectivity index (χ3v) is 2.93. The van der Waals surface area contributed by atoms with Crippen molar-refractivity contribution < 1.29 is 9.53 Å². The van der Waals surface area contributed by atoms with E-state index in [1.807, 2.05) is 54.6 Å². The fourth-order valence-electron chi connectivity index (χ4n) is 1.87. The number of hydrogen-bond donors (Lipinski definition) is 2. The smallest absolute Gasteiger partial charge is 0.243 e. The molecule has 1 amide bonds. The van der Waals surface area contributed by atoms with Gasteiger partial charge in [-0.05, 0) is 30.2 Å². The Hall–Kier alpha value is -2.49. The van der Waals surface area contributed by atoms with Gasteiger partial charge in [0, 0.05) is 17.4 Å². The Morgan fingerprint density at radius 2 is 1.77 bits per heavy atom. The molecule has 0 aliphatic rings. The topological polar surface area (TPSA) is 50.4 Å². The number of hydrogen-bond acceptors (Lipinski definition) is 3. The van der Waals surface area contributed by atoms with Crippen molar-refractivity contribution in [3.05, 3.63) is 54.6 Å². The lowest BCUT2D eigenvalue weighted by atomic mass is 10.2. The fraction of sp³-hybridized carbons (Fsp3) is 0.278. The molecule has 4 nitrogen and oxygen atoms in total. The Labute approximate surface area is 131 Å². The van der Waals surface area contributed by atoms with E-state index in [-0.39, 0.29) is 12.5 Å². The number of benzene rings is 2. The average molecular weight is 298 g/mol. The maximum absolute atomic E-state index is 11.9. The van der Waals surface area contributed by atoms with E-state index in [4.69, 9.17) is 4.74 Å². The van der Waals surface area contributed by atoms with Gasteiger partial charge in [0.2, 0.25) is 5.91 Å². The van der Waals surface area contributed by atoms with Crippen LogP contribution in [-0.4, -0.2) is 19.1 Å². The van der Waals surface area contributed by atoms with Crippen LogP contribution in [0.15, 0.2) is 54.6 Å². The molecule has 2 aromatic rings. The second-order valence-corrected chi connectivity index (χ2v) is 5.50. The minimum atomic E-state index is -0.0927. The van der Waals surface area contributed by atoms with E-state index in [0.29, 0.717) is 12.5 Å². The molecule has 0 saturated carbocycles. The SMILES string of the molecule is CC(C)COc1cccc(NC(=O)CNc2ccccc2)c1. The molecule has 2 N–H and O–H groups in total. The van der Waals surface area contributed by atoms with Gasteiger partial charge in [0.05, 0.1) is 13.2 Å². The van der Waals surface area contributed by atoms with E-state index in [0.717, 1.165) is 17.1 Å². The van der Waals surface area contributed by atoms with E-state index < -0.39 is 0 Å². The van der Waals surface area contributed by atoms with Gasteiger partial charge in [0.1, 0.15) is 5.75 Å². The first kappa shape index (κ1) is 15.9. The van der Waals surface area contributed by atoms with E-state index in [1.165, 1.54) is 0 Å². The van der Waals surface area contributed by atoms with Crippen LogP contribution in [0.2, 0.25) is 0 Å². The first-order valence-electron chi connectivity index (χ1n) is 7.45. The van der Waals surface area contributed by atoms with Crippen LogP contribution in [0.1, 0.15) is 13.8 Å². The minimum absolute atomic E-state index is 0.0927.